The van der Waals surface area contributed by atoms with E-state index in [1.807, 2.05) is 4.90 Å². The van der Waals surface area contributed by atoms with Gasteiger partial charge in [-0.05, 0) is 49.7 Å². The van der Waals surface area contributed by atoms with Gasteiger partial charge in [0.15, 0.2) is 0 Å². The quantitative estimate of drug-likeness (QED) is 0.672. The molecule has 1 aliphatic heterocycles. The van der Waals surface area contributed by atoms with Crippen molar-refractivity contribution >= 4 is 11.4 Å². The standard InChI is InChI=1S/C15H20FN3O2/c1-9-4-14(15(19(20)21)6-13(9)16)18-7-10-2-3-12(17)5-11(10)8-18/h4,6,10-12H,2-3,5,7-8,17H2,1H3/t10-,11+,12?/m1/s1. The van der Waals surface area contributed by atoms with E-state index in [1.165, 1.54) is 0 Å². The molecule has 3 atom stereocenters. The van der Waals surface area contributed by atoms with Crippen molar-refractivity contribution in [1.29, 1.82) is 0 Å². The summed E-state index contributed by atoms with van der Waals surface area (Å²) in [6, 6.07) is 2.89. The maximum Gasteiger partial charge on any atom is 0.295 e. The van der Waals surface area contributed by atoms with E-state index in [-0.39, 0.29) is 11.7 Å². The number of nitro groups is 1. The number of rotatable bonds is 2. The van der Waals surface area contributed by atoms with E-state index in [0.29, 0.717) is 23.1 Å². The van der Waals surface area contributed by atoms with Crippen LogP contribution in [0.5, 0.6) is 0 Å². The summed E-state index contributed by atoms with van der Waals surface area (Å²) in [5, 5.41) is 11.2. The molecule has 0 amide bonds. The van der Waals surface area contributed by atoms with Gasteiger partial charge in [-0.1, -0.05) is 0 Å². The van der Waals surface area contributed by atoms with Crippen molar-refractivity contribution in [3.63, 3.8) is 0 Å². The Balaban J connectivity index is 1.91. The van der Waals surface area contributed by atoms with Crippen LogP contribution in [0.4, 0.5) is 15.8 Å². The Labute approximate surface area is 123 Å². The summed E-state index contributed by atoms with van der Waals surface area (Å²) in [6.45, 7) is 3.23. The summed E-state index contributed by atoms with van der Waals surface area (Å²) >= 11 is 0. The van der Waals surface area contributed by atoms with E-state index in [1.54, 1.807) is 13.0 Å². The van der Waals surface area contributed by atoms with Gasteiger partial charge in [0.1, 0.15) is 11.5 Å². The predicted octanol–water partition coefficient (Wildman–Crippen LogP) is 2.61. The van der Waals surface area contributed by atoms with Gasteiger partial charge in [0.2, 0.25) is 0 Å². The molecule has 1 aromatic carbocycles. The second-order valence-electron chi connectivity index (χ2n) is 6.35. The second-order valence-corrected chi connectivity index (χ2v) is 6.35. The van der Waals surface area contributed by atoms with Crippen LogP contribution in [0.1, 0.15) is 24.8 Å². The lowest BCUT2D eigenvalue weighted by Crippen LogP contribution is -2.32. The number of hydrogen-bond acceptors (Lipinski definition) is 4. The molecule has 6 heteroatoms. The first-order valence-corrected chi connectivity index (χ1v) is 7.40. The number of fused-ring (bicyclic) bond motifs is 1. The molecule has 0 aromatic heterocycles. The zero-order valence-electron chi connectivity index (χ0n) is 12.1. The van der Waals surface area contributed by atoms with Crippen LogP contribution in [0.3, 0.4) is 0 Å². The van der Waals surface area contributed by atoms with Crippen LogP contribution < -0.4 is 10.6 Å². The Morgan fingerprint density at radius 3 is 2.76 bits per heavy atom. The molecule has 1 saturated heterocycles. The maximum atomic E-state index is 13.6. The van der Waals surface area contributed by atoms with Crippen molar-refractivity contribution in [3.8, 4) is 0 Å². The molecule has 2 N–H and O–H groups in total. The van der Waals surface area contributed by atoms with Gasteiger partial charge in [-0.25, -0.2) is 4.39 Å². The van der Waals surface area contributed by atoms with E-state index in [4.69, 9.17) is 5.73 Å². The molecule has 114 valence electrons. The molecule has 2 aliphatic rings. The molecule has 1 aromatic rings. The van der Waals surface area contributed by atoms with Gasteiger partial charge >= 0.3 is 0 Å². The largest absolute Gasteiger partial charge is 0.365 e. The van der Waals surface area contributed by atoms with E-state index < -0.39 is 10.7 Å². The highest BCUT2D eigenvalue weighted by atomic mass is 19.1. The number of hydrogen-bond donors (Lipinski definition) is 1. The summed E-state index contributed by atoms with van der Waals surface area (Å²) in [5.41, 5.74) is 6.87. The van der Waals surface area contributed by atoms with E-state index >= 15 is 0 Å². The average Bonchev–Trinajstić information content (AvgIpc) is 2.83. The van der Waals surface area contributed by atoms with E-state index in [2.05, 4.69) is 0 Å². The first-order valence-electron chi connectivity index (χ1n) is 7.40. The summed E-state index contributed by atoms with van der Waals surface area (Å²) in [7, 11) is 0. The zero-order chi connectivity index (χ0) is 15.1. The third-order valence-electron chi connectivity index (χ3n) is 4.88. The minimum Gasteiger partial charge on any atom is -0.365 e. The van der Waals surface area contributed by atoms with Crippen molar-refractivity contribution < 1.29 is 9.31 Å². The Morgan fingerprint density at radius 1 is 1.33 bits per heavy atom. The topological polar surface area (TPSA) is 72.4 Å². The first-order chi connectivity index (χ1) is 9.95. The first kappa shape index (κ1) is 14.3. The molecule has 5 nitrogen and oxygen atoms in total. The van der Waals surface area contributed by atoms with Crippen LogP contribution in [-0.2, 0) is 0 Å². The van der Waals surface area contributed by atoms with Crippen LogP contribution in [0.15, 0.2) is 12.1 Å². The third-order valence-corrected chi connectivity index (χ3v) is 4.88. The molecule has 1 saturated carbocycles. The van der Waals surface area contributed by atoms with Gasteiger partial charge in [0, 0.05) is 19.1 Å². The predicted molar refractivity (Wildman–Crippen MR) is 78.8 cm³/mol. The number of halogens is 1. The van der Waals surface area contributed by atoms with Crippen molar-refractivity contribution in [2.75, 3.05) is 18.0 Å². The summed E-state index contributed by atoms with van der Waals surface area (Å²) < 4.78 is 13.6. The molecule has 3 rings (SSSR count). The molecule has 1 unspecified atom stereocenters. The normalized spacial score (nSPS) is 28.5. The smallest absolute Gasteiger partial charge is 0.295 e. The van der Waals surface area contributed by atoms with Crippen LogP contribution >= 0.6 is 0 Å². The van der Waals surface area contributed by atoms with Crippen molar-refractivity contribution in [2.45, 2.75) is 32.2 Å². The van der Waals surface area contributed by atoms with Crippen molar-refractivity contribution in [1.82, 2.24) is 0 Å². The molecule has 0 bridgehead atoms. The Bertz CT molecular complexity index is 578. The number of aryl methyl sites for hydroxylation is 1. The number of nitrogens with zero attached hydrogens (tertiary/aromatic N) is 2. The van der Waals surface area contributed by atoms with Gasteiger partial charge in [-0.15, -0.1) is 0 Å². The van der Waals surface area contributed by atoms with Crippen LogP contribution in [-0.4, -0.2) is 24.1 Å². The molecule has 0 radical (unpaired) electrons. The molecule has 21 heavy (non-hydrogen) atoms. The highest BCUT2D eigenvalue weighted by Crippen LogP contribution is 2.41. The Morgan fingerprint density at radius 2 is 2.05 bits per heavy atom. The number of benzene rings is 1. The molecular weight excluding hydrogens is 273 g/mol. The molecule has 0 spiro atoms. The SMILES string of the molecule is Cc1cc(N2C[C@H]3CCC(N)C[C@H]3C2)c([N+](=O)[O-])cc1F. The lowest BCUT2D eigenvalue weighted by atomic mass is 9.79. The number of nitrogens with two attached hydrogens (primary N) is 1. The van der Waals surface area contributed by atoms with Gasteiger partial charge in [-0.2, -0.15) is 0 Å². The van der Waals surface area contributed by atoms with Gasteiger partial charge in [0.25, 0.3) is 5.69 Å². The van der Waals surface area contributed by atoms with Crippen LogP contribution in [0, 0.1) is 34.7 Å². The van der Waals surface area contributed by atoms with Gasteiger partial charge < -0.3 is 10.6 Å². The molecular formula is C15H20FN3O2. The van der Waals surface area contributed by atoms with Gasteiger partial charge in [-0.3, -0.25) is 10.1 Å². The molecule has 1 aliphatic carbocycles. The van der Waals surface area contributed by atoms with E-state index in [9.17, 15) is 14.5 Å². The Hall–Kier alpha value is -1.69. The third kappa shape index (κ3) is 2.60. The Kier molecular flexibility index (Phi) is 3.57. The fourth-order valence-corrected chi connectivity index (χ4v) is 3.72. The fraction of sp³-hybridized carbons (Fsp3) is 0.600. The summed E-state index contributed by atoms with van der Waals surface area (Å²) in [5.74, 6) is 0.526. The summed E-state index contributed by atoms with van der Waals surface area (Å²) in [4.78, 5) is 12.7. The second kappa shape index (κ2) is 5.26. The highest BCUT2D eigenvalue weighted by molar-refractivity contribution is 5.65. The fourth-order valence-electron chi connectivity index (χ4n) is 3.72. The van der Waals surface area contributed by atoms with Gasteiger partial charge in [0.05, 0.1) is 11.0 Å². The minimum atomic E-state index is -0.524. The average molecular weight is 293 g/mol. The number of anilines is 1. The van der Waals surface area contributed by atoms with Crippen molar-refractivity contribution in [3.05, 3.63) is 33.6 Å². The van der Waals surface area contributed by atoms with Crippen LogP contribution in [0.25, 0.3) is 0 Å². The van der Waals surface area contributed by atoms with E-state index in [0.717, 1.165) is 38.4 Å². The minimum absolute atomic E-state index is 0.138. The maximum absolute atomic E-state index is 13.6. The van der Waals surface area contributed by atoms with Crippen LogP contribution in [0.2, 0.25) is 0 Å². The molecule has 2 fully saturated rings. The van der Waals surface area contributed by atoms with Crippen molar-refractivity contribution in [2.24, 2.45) is 17.6 Å². The monoisotopic (exact) mass is 293 g/mol. The zero-order valence-corrected chi connectivity index (χ0v) is 12.1. The number of nitro benzene ring substituents is 1. The summed E-state index contributed by atoms with van der Waals surface area (Å²) in [6.07, 6.45) is 3.09. The lowest BCUT2D eigenvalue weighted by Gasteiger charge is -2.27. The lowest BCUT2D eigenvalue weighted by molar-refractivity contribution is -0.384. The highest BCUT2D eigenvalue weighted by Gasteiger charge is 2.38. The molecule has 1 heterocycles.